The lowest BCUT2D eigenvalue weighted by atomic mass is 9.83. The zero-order chi connectivity index (χ0) is 13.2. The van der Waals surface area contributed by atoms with Crippen molar-refractivity contribution in [2.45, 2.75) is 18.6 Å². The van der Waals surface area contributed by atoms with Crippen molar-refractivity contribution < 1.29 is 29.3 Å². The molecule has 94 valence electrons. The fourth-order valence-corrected chi connectivity index (χ4v) is 1.91. The van der Waals surface area contributed by atoms with Gasteiger partial charge in [-0.3, -0.25) is 0 Å². The fraction of sp³-hybridized carbons (Fsp3) is 0.455. The Morgan fingerprint density at radius 1 is 1.35 bits per heavy atom. The smallest absolute Gasteiger partial charge is 0.343 e. The Morgan fingerprint density at radius 2 is 1.94 bits per heavy atom. The third kappa shape index (κ3) is 2.09. The van der Waals surface area contributed by atoms with Crippen LogP contribution in [0.15, 0.2) is 23.3 Å². The summed E-state index contributed by atoms with van der Waals surface area (Å²) in [5, 5.41) is 18.3. The van der Waals surface area contributed by atoms with Gasteiger partial charge in [-0.25, -0.2) is 9.59 Å². The highest BCUT2D eigenvalue weighted by molar-refractivity contribution is 5.93. The van der Waals surface area contributed by atoms with E-state index in [0.29, 0.717) is 5.57 Å². The first-order valence-electron chi connectivity index (χ1n) is 4.84. The van der Waals surface area contributed by atoms with Crippen molar-refractivity contribution in [3.63, 3.8) is 0 Å². The fourth-order valence-electron chi connectivity index (χ4n) is 1.91. The topological polar surface area (TPSA) is 93.1 Å². The summed E-state index contributed by atoms with van der Waals surface area (Å²) in [5.41, 5.74) is -1.45. The highest BCUT2D eigenvalue weighted by Gasteiger charge is 2.50. The van der Waals surface area contributed by atoms with Crippen LogP contribution in [0.1, 0.15) is 6.92 Å². The van der Waals surface area contributed by atoms with Crippen molar-refractivity contribution in [3.8, 4) is 0 Å². The molecule has 1 aliphatic rings. The van der Waals surface area contributed by atoms with E-state index in [1.807, 2.05) is 0 Å². The maximum absolute atomic E-state index is 11.3. The molecule has 2 atom stereocenters. The van der Waals surface area contributed by atoms with Crippen LogP contribution < -0.4 is 0 Å². The molecule has 6 nitrogen and oxygen atoms in total. The number of carboxylic acid groups (broad SMARTS) is 2. The molecule has 1 aliphatic carbocycles. The molecule has 0 aliphatic heterocycles. The third-order valence-electron chi connectivity index (χ3n) is 2.65. The Hall–Kier alpha value is -1.66. The zero-order valence-electron chi connectivity index (χ0n) is 9.76. The minimum Gasteiger partial charge on any atom is -0.479 e. The molecule has 0 radical (unpaired) electrons. The molecule has 0 amide bonds. The van der Waals surface area contributed by atoms with Crippen LogP contribution in [0, 0.1) is 0 Å². The van der Waals surface area contributed by atoms with Gasteiger partial charge in [0.15, 0.2) is 0 Å². The van der Waals surface area contributed by atoms with E-state index in [1.165, 1.54) is 26.4 Å². The Morgan fingerprint density at radius 3 is 2.29 bits per heavy atom. The zero-order valence-corrected chi connectivity index (χ0v) is 9.76. The second kappa shape index (κ2) is 4.68. The van der Waals surface area contributed by atoms with Crippen LogP contribution in [0.5, 0.6) is 0 Å². The average molecular weight is 242 g/mol. The Labute approximate surface area is 98.1 Å². The van der Waals surface area contributed by atoms with Crippen molar-refractivity contribution in [2.24, 2.45) is 0 Å². The van der Waals surface area contributed by atoms with Gasteiger partial charge in [-0.2, -0.15) is 0 Å². The number of ether oxygens (including phenoxy) is 2. The number of carboxylic acids is 2. The standard InChI is InChI=1S/C11H14O6/c1-6-4-7(9(12)13)8(16-2)11(5-6,17-3)10(14)15/h4-5,8H,1-3H3,(H,12,13)(H,14,15). The van der Waals surface area contributed by atoms with E-state index >= 15 is 0 Å². The van der Waals surface area contributed by atoms with Gasteiger partial charge in [0.1, 0.15) is 6.10 Å². The lowest BCUT2D eigenvalue weighted by Gasteiger charge is -2.35. The van der Waals surface area contributed by atoms with Crippen LogP contribution in [0.25, 0.3) is 0 Å². The molecule has 0 saturated carbocycles. The lowest BCUT2D eigenvalue weighted by molar-refractivity contribution is -0.169. The highest BCUT2D eigenvalue weighted by Crippen LogP contribution is 2.32. The third-order valence-corrected chi connectivity index (χ3v) is 2.65. The molecule has 6 heteroatoms. The summed E-state index contributed by atoms with van der Waals surface area (Å²) in [6.07, 6.45) is 1.53. The molecule has 0 aromatic carbocycles. The maximum atomic E-state index is 11.3. The summed E-state index contributed by atoms with van der Waals surface area (Å²) in [7, 11) is 2.45. The van der Waals surface area contributed by atoms with Gasteiger partial charge in [0.05, 0.1) is 5.57 Å². The van der Waals surface area contributed by atoms with Crippen molar-refractivity contribution in [1.82, 2.24) is 0 Å². The van der Waals surface area contributed by atoms with Gasteiger partial charge < -0.3 is 19.7 Å². The first-order chi connectivity index (χ1) is 7.89. The molecule has 0 fully saturated rings. The number of allylic oxidation sites excluding steroid dienone is 2. The molecule has 0 heterocycles. The minimum atomic E-state index is -1.80. The summed E-state index contributed by atoms with van der Waals surface area (Å²) in [4.78, 5) is 22.4. The van der Waals surface area contributed by atoms with Gasteiger partial charge in [0, 0.05) is 14.2 Å². The predicted molar refractivity (Wildman–Crippen MR) is 57.6 cm³/mol. The van der Waals surface area contributed by atoms with Gasteiger partial charge in [-0.05, 0) is 19.1 Å². The molecule has 0 spiro atoms. The molecule has 2 N–H and O–H groups in total. The Balaban J connectivity index is 3.38. The molecule has 0 saturated heterocycles. The van der Waals surface area contributed by atoms with Crippen LogP contribution in [0.4, 0.5) is 0 Å². The molecule has 2 unspecified atom stereocenters. The van der Waals surface area contributed by atoms with E-state index in [0.717, 1.165) is 0 Å². The van der Waals surface area contributed by atoms with E-state index in [-0.39, 0.29) is 5.57 Å². The first-order valence-corrected chi connectivity index (χ1v) is 4.84. The number of methoxy groups -OCH3 is 2. The Kier molecular flexibility index (Phi) is 3.69. The van der Waals surface area contributed by atoms with Crippen LogP contribution in [-0.2, 0) is 19.1 Å². The summed E-state index contributed by atoms with van der Waals surface area (Å²) >= 11 is 0. The number of carbonyl (C=O) groups is 2. The van der Waals surface area contributed by atoms with Crippen LogP contribution >= 0.6 is 0 Å². The van der Waals surface area contributed by atoms with E-state index in [4.69, 9.17) is 14.6 Å². The molecule has 17 heavy (non-hydrogen) atoms. The lowest BCUT2D eigenvalue weighted by Crippen LogP contribution is -2.53. The van der Waals surface area contributed by atoms with Crippen molar-refractivity contribution in [3.05, 3.63) is 23.3 Å². The first kappa shape index (κ1) is 13.4. The molecular weight excluding hydrogens is 228 g/mol. The van der Waals surface area contributed by atoms with Gasteiger partial charge in [0.25, 0.3) is 0 Å². The number of aliphatic carboxylic acids is 2. The summed E-state index contributed by atoms with van der Waals surface area (Å²) in [5.74, 6) is -2.52. The quantitative estimate of drug-likeness (QED) is 0.743. The van der Waals surface area contributed by atoms with Gasteiger partial charge in [-0.1, -0.05) is 5.57 Å². The number of hydrogen-bond acceptors (Lipinski definition) is 4. The van der Waals surface area contributed by atoms with E-state index in [2.05, 4.69) is 0 Å². The summed E-state index contributed by atoms with van der Waals surface area (Å²) in [6, 6.07) is 0. The van der Waals surface area contributed by atoms with Crippen molar-refractivity contribution in [2.75, 3.05) is 14.2 Å². The number of rotatable bonds is 4. The molecule has 1 rings (SSSR count). The van der Waals surface area contributed by atoms with Crippen molar-refractivity contribution >= 4 is 11.9 Å². The largest absolute Gasteiger partial charge is 0.479 e. The highest BCUT2D eigenvalue weighted by atomic mass is 16.6. The van der Waals surface area contributed by atoms with Gasteiger partial charge in [-0.15, -0.1) is 0 Å². The van der Waals surface area contributed by atoms with Crippen LogP contribution in [0.2, 0.25) is 0 Å². The monoisotopic (exact) mass is 242 g/mol. The van der Waals surface area contributed by atoms with Crippen molar-refractivity contribution in [1.29, 1.82) is 0 Å². The van der Waals surface area contributed by atoms with E-state index < -0.39 is 23.6 Å². The molecule has 0 aromatic rings. The normalized spacial score (nSPS) is 28.3. The maximum Gasteiger partial charge on any atom is 0.343 e. The van der Waals surface area contributed by atoms with Gasteiger partial charge in [0.2, 0.25) is 5.60 Å². The summed E-state index contributed by atoms with van der Waals surface area (Å²) < 4.78 is 9.97. The predicted octanol–water partition coefficient (Wildman–Crippen LogP) is 0.442. The molecule has 0 bridgehead atoms. The molecular formula is C11H14O6. The van der Waals surface area contributed by atoms with Crippen LogP contribution in [0.3, 0.4) is 0 Å². The minimum absolute atomic E-state index is 0.142. The Bertz CT molecular complexity index is 408. The van der Waals surface area contributed by atoms with Crippen LogP contribution in [-0.4, -0.2) is 48.1 Å². The second-order valence-electron chi connectivity index (χ2n) is 3.71. The van der Waals surface area contributed by atoms with E-state index in [9.17, 15) is 14.7 Å². The average Bonchev–Trinajstić information content (AvgIpc) is 2.27. The van der Waals surface area contributed by atoms with E-state index in [1.54, 1.807) is 6.92 Å². The van der Waals surface area contributed by atoms with Gasteiger partial charge >= 0.3 is 11.9 Å². The summed E-state index contributed by atoms with van der Waals surface area (Å²) in [6.45, 7) is 1.60. The molecule has 0 aromatic heterocycles. The SMILES string of the molecule is COC1C(C(=O)O)=CC(C)=CC1(OC)C(=O)O. The second-order valence-corrected chi connectivity index (χ2v) is 3.71. The number of hydrogen-bond donors (Lipinski definition) is 2.